The van der Waals surface area contributed by atoms with Crippen molar-refractivity contribution in [1.29, 1.82) is 0 Å². The molecule has 0 atom stereocenters. The molecule has 0 aromatic carbocycles. The van der Waals surface area contributed by atoms with Crippen LogP contribution in [-0.4, -0.2) is 27.0 Å². The number of aliphatic carboxylic acids is 1. The molecule has 0 fully saturated rings. The van der Waals surface area contributed by atoms with Crippen LogP contribution in [0.25, 0.3) is 0 Å². The summed E-state index contributed by atoms with van der Waals surface area (Å²) in [5.41, 5.74) is 1.09. The molecule has 6 nitrogen and oxygen atoms in total. The standard InChI is InChI=1S/C13H9Cl2N3O3/c14-10-3-7(4-11(15)18-10)13(21)17-9-2-1-8(16-6-9)5-12(19)20/h1-4,6H,5H2,(H,17,21)(H,19,20). The van der Waals surface area contributed by atoms with E-state index in [4.69, 9.17) is 28.3 Å². The number of anilines is 1. The Morgan fingerprint density at radius 2 is 1.86 bits per heavy atom. The van der Waals surface area contributed by atoms with Crippen LogP contribution in [0.5, 0.6) is 0 Å². The minimum atomic E-state index is -0.972. The van der Waals surface area contributed by atoms with Crippen LogP contribution >= 0.6 is 23.2 Å². The smallest absolute Gasteiger partial charge is 0.309 e. The van der Waals surface area contributed by atoms with Crippen molar-refractivity contribution in [3.63, 3.8) is 0 Å². The Hall–Kier alpha value is -2.18. The number of hydrogen-bond donors (Lipinski definition) is 2. The zero-order valence-corrected chi connectivity index (χ0v) is 12.0. The fraction of sp³-hybridized carbons (Fsp3) is 0.0769. The molecule has 108 valence electrons. The van der Waals surface area contributed by atoms with E-state index in [0.29, 0.717) is 11.4 Å². The lowest BCUT2D eigenvalue weighted by Gasteiger charge is -2.06. The summed E-state index contributed by atoms with van der Waals surface area (Å²) in [7, 11) is 0. The predicted octanol–water partition coefficient (Wildman–Crippen LogP) is 2.66. The van der Waals surface area contributed by atoms with Crippen LogP contribution in [0, 0.1) is 0 Å². The third-order valence-electron chi connectivity index (χ3n) is 2.44. The van der Waals surface area contributed by atoms with Gasteiger partial charge in [-0.1, -0.05) is 23.2 Å². The number of nitrogens with one attached hydrogen (secondary N) is 1. The summed E-state index contributed by atoms with van der Waals surface area (Å²) >= 11 is 11.4. The van der Waals surface area contributed by atoms with Gasteiger partial charge in [-0.05, 0) is 24.3 Å². The molecular weight excluding hydrogens is 317 g/mol. The zero-order valence-electron chi connectivity index (χ0n) is 10.5. The quantitative estimate of drug-likeness (QED) is 0.843. The second kappa shape index (κ2) is 6.51. The second-order valence-corrected chi connectivity index (χ2v) is 4.84. The molecule has 2 heterocycles. The van der Waals surface area contributed by atoms with Crippen LogP contribution in [0.15, 0.2) is 30.5 Å². The Morgan fingerprint density at radius 1 is 1.19 bits per heavy atom. The maximum absolute atomic E-state index is 12.0. The molecule has 0 spiro atoms. The lowest BCUT2D eigenvalue weighted by atomic mass is 10.2. The van der Waals surface area contributed by atoms with Crippen LogP contribution in [0.3, 0.4) is 0 Å². The summed E-state index contributed by atoms with van der Waals surface area (Å²) in [6, 6.07) is 5.85. The van der Waals surface area contributed by atoms with Crippen LogP contribution in [0.2, 0.25) is 10.3 Å². The number of rotatable bonds is 4. The van der Waals surface area contributed by atoms with E-state index in [0.717, 1.165) is 0 Å². The van der Waals surface area contributed by atoms with E-state index in [-0.39, 0.29) is 22.3 Å². The molecule has 2 aromatic rings. The minimum absolute atomic E-state index is 0.114. The number of carbonyl (C=O) groups is 2. The molecule has 0 radical (unpaired) electrons. The van der Waals surface area contributed by atoms with Crippen molar-refractivity contribution in [2.45, 2.75) is 6.42 Å². The highest BCUT2D eigenvalue weighted by Crippen LogP contribution is 2.16. The number of pyridine rings is 2. The first-order valence-corrected chi connectivity index (χ1v) is 6.51. The van der Waals surface area contributed by atoms with Gasteiger partial charge in [0.05, 0.1) is 24.0 Å². The van der Waals surface area contributed by atoms with Gasteiger partial charge in [0, 0.05) is 5.56 Å². The molecule has 0 aliphatic carbocycles. The van der Waals surface area contributed by atoms with Gasteiger partial charge in [-0.15, -0.1) is 0 Å². The van der Waals surface area contributed by atoms with E-state index >= 15 is 0 Å². The van der Waals surface area contributed by atoms with Crippen molar-refractivity contribution in [3.05, 3.63) is 52.0 Å². The summed E-state index contributed by atoms with van der Waals surface area (Å²) < 4.78 is 0. The Morgan fingerprint density at radius 3 is 2.38 bits per heavy atom. The van der Waals surface area contributed by atoms with Crippen LogP contribution in [0.1, 0.15) is 16.1 Å². The summed E-state index contributed by atoms with van der Waals surface area (Å²) in [6.07, 6.45) is 1.20. The van der Waals surface area contributed by atoms with Crippen molar-refractivity contribution >= 4 is 40.8 Å². The van der Waals surface area contributed by atoms with Crippen LogP contribution in [0.4, 0.5) is 5.69 Å². The van der Waals surface area contributed by atoms with E-state index in [1.165, 1.54) is 24.4 Å². The number of amides is 1. The second-order valence-electron chi connectivity index (χ2n) is 4.06. The van der Waals surface area contributed by atoms with E-state index in [2.05, 4.69) is 15.3 Å². The van der Waals surface area contributed by atoms with E-state index in [1.807, 2.05) is 0 Å². The highest BCUT2D eigenvalue weighted by Gasteiger charge is 2.10. The maximum Gasteiger partial charge on any atom is 0.309 e. The van der Waals surface area contributed by atoms with Gasteiger partial charge in [0.1, 0.15) is 10.3 Å². The number of hydrogen-bond acceptors (Lipinski definition) is 4. The van der Waals surface area contributed by atoms with E-state index in [1.54, 1.807) is 6.07 Å². The molecule has 2 N–H and O–H groups in total. The molecule has 0 saturated heterocycles. The summed E-state index contributed by atoms with van der Waals surface area (Å²) in [6.45, 7) is 0. The first-order chi connectivity index (χ1) is 9.94. The number of nitrogens with zero attached hydrogens (tertiary/aromatic N) is 2. The van der Waals surface area contributed by atoms with Crippen molar-refractivity contribution in [1.82, 2.24) is 9.97 Å². The normalized spacial score (nSPS) is 10.2. The fourth-order valence-electron chi connectivity index (χ4n) is 1.56. The molecule has 21 heavy (non-hydrogen) atoms. The van der Waals surface area contributed by atoms with Crippen LogP contribution in [-0.2, 0) is 11.2 Å². The summed E-state index contributed by atoms with van der Waals surface area (Å²) in [4.78, 5) is 30.2. The molecule has 0 unspecified atom stereocenters. The van der Waals surface area contributed by atoms with E-state index in [9.17, 15) is 9.59 Å². The van der Waals surface area contributed by atoms with Gasteiger partial charge in [-0.2, -0.15) is 0 Å². The summed E-state index contributed by atoms with van der Waals surface area (Å²) in [5, 5.41) is 11.5. The topological polar surface area (TPSA) is 92.2 Å². The molecule has 0 bridgehead atoms. The number of carboxylic acid groups (broad SMARTS) is 1. The van der Waals surface area contributed by atoms with Crippen molar-refractivity contribution in [2.24, 2.45) is 0 Å². The van der Waals surface area contributed by atoms with Crippen molar-refractivity contribution in [3.8, 4) is 0 Å². The van der Waals surface area contributed by atoms with Gasteiger partial charge in [-0.25, -0.2) is 4.98 Å². The van der Waals surface area contributed by atoms with Crippen molar-refractivity contribution in [2.75, 3.05) is 5.32 Å². The highest BCUT2D eigenvalue weighted by molar-refractivity contribution is 6.33. The molecule has 0 aliphatic heterocycles. The molecule has 1 amide bonds. The predicted molar refractivity (Wildman–Crippen MR) is 77.8 cm³/mol. The van der Waals surface area contributed by atoms with Gasteiger partial charge in [-0.3, -0.25) is 14.6 Å². The molecule has 2 aromatic heterocycles. The number of aromatic nitrogens is 2. The summed E-state index contributed by atoms with van der Waals surface area (Å²) in [5.74, 6) is -1.39. The maximum atomic E-state index is 12.0. The zero-order chi connectivity index (χ0) is 15.4. The number of halogens is 2. The monoisotopic (exact) mass is 325 g/mol. The van der Waals surface area contributed by atoms with Crippen molar-refractivity contribution < 1.29 is 14.7 Å². The average molecular weight is 326 g/mol. The van der Waals surface area contributed by atoms with Gasteiger partial charge >= 0.3 is 5.97 Å². The minimum Gasteiger partial charge on any atom is -0.481 e. The lowest BCUT2D eigenvalue weighted by molar-refractivity contribution is -0.136. The molecule has 0 saturated carbocycles. The molecule has 0 aliphatic rings. The number of carbonyl (C=O) groups excluding carboxylic acids is 1. The third kappa shape index (κ3) is 4.40. The Bertz CT molecular complexity index is 669. The van der Waals surface area contributed by atoms with Gasteiger partial charge in [0.15, 0.2) is 0 Å². The Balaban J connectivity index is 2.10. The Labute approximate surface area is 129 Å². The lowest BCUT2D eigenvalue weighted by Crippen LogP contribution is -2.12. The number of carboxylic acids is 1. The molecule has 2 rings (SSSR count). The van der Waals surface area contributed by atoms with Gasteiger partial charge in [0.25, 0.3) is 5.91 Å². The van der Waals surface area contributed by atoms with E-state index < -0.39 is 11.9 Å². The highest BCUT2D eigenvalue weighted by atomic mass is 35.5. The van der Waals surface area contributed by atoms with Gasteiger partial charge in [0.2, 0.25) is 0 Å². The first-order valence-electron chi connectivity index (χ1n) is 5.75. The fourth-order valence-corrected chi connectivity index (χ4v) is 2.02. The van der Waals surface area contributed by atoms with Gasteiger partial charge < -0.3 is 10.4 Å². The SMILES string of the molecule is O=C(O)Cc1ccc(NC(=O)c2cc(Cl)nc(Cl)c2)cn1. The molecule has 8 heteroatoms. The molecular formula is C13H9Cl2N3O3. The Kier molecular flexibility index (Phi) is 4.72. The average Bonchev–Trinajstić information content (AvgIpc) is 2.39. The first kappa shape index (κ1) is 15.2. The van der Waals surface area contributed by atoms with Crippen LogP contribution < -0.4 is 5.32 Å². The third-order valence-corrected chi connectivity index (χ3v) is 2.83. The largest absolute Gasteiger partial charge is 0.481 e.